The summed E-state index contributed by atoms with van der Waals surface area (Å²) in [7, 11) is 0. The van der Waals surface area contributed by atoms with Crippen molar-refractivity contribution in [3.8, 4) is 0 Å². The zero-order valence-electron chi connectivity index (χ0n) is 13.5. The summed E-state index contributed by atoms with van der Waals surface area (Å²) in [5.74, 6) is 1.87. The molecule has 0 saturated heterocycles. The maximum absolute atomic E-state index is 12.7. The van der Waals surface area contributed by atoms with Crippen LogP contribution in [0.15, 0.2) is 11.6 Å². The van der Waals surface area contributed by atoms with Crippen LogP contribution in [0, 0.1) is 28.6 Å². The molecule has 118 valence electrons. The van der Waals surface area contributed by atoms with E-state index in [4.69, 9.17) is 0 Å². The fourth-order valence-corrected chi connectivity index (χ4v) is 6.16. The van der Waals surface area contributed by atoms with Crippen LogP contribution in [0.2, 0.25) is 0 Å². The summed E-state index contributed by atoms with van der Waals surface area (Å²) in [5.41, 5.74) is 0.461. The number of hydrogen-bond donors (Lipinski definition) is 0. The number of allylic oxidation sites excluding steroid dienone is 1. The zero-order valence-corrected chi connectivity index (χ0v) is 13.5. The molecular formula is C19H24O3. The quantitative estimate of drug-likeness (QED) is 0.690. The predicted molar refractivity (Wildman–Crippen MR) is 82.1 cm³/mol. The molecule has 3 heteroatoms. The molecule has 0 radical (unpaired) electrons. The molecule has 0 amide bonds. The molecule has 3 nitrogen and oxygen atoms in total. The van der Waals surface area contributed by atoms with Gasteiger partial charge in [0.05, 0.1) is 0 Å². The number of hydrogen-bond acceptors (Lipinski definition) is 3. The minimum atomic E-state index is -0.191. The maximum atomic E-state index is 12.7. The van der Waals surface area contributed by atoms with Crippen LogP contribution < -0.4 is 0 Å². The fraction of sp³-hybridized carbons (Fsp3) is 0.737. The number of Topliss-reactive ketones (excluding diaryl/α,β-unsaturated/α-hetero) is 2. The number of fused-ring (bicyclic) bond motifs is 5. The lowest BCUT2D eigenvalue weighted by Gasteiger charge is -2.56. The third-order valence-electron chi connectivity index (χ3n) is 7.50. The Morgan fingerprint density at radius 3 is 2.45 bits per heavy atom. The molecule has 0 aromatic rings. The molecule has 3 fully saturated rings. The predicted octanol–water partition coefficient (Wildman–Crippen LogP) is 3.27. The second-order valence-corrected chi connectivity index (χ2v) is 8.36. The third-order valence-corrected chi connectivity index (χ3v) is 7.50. The Labute approximate surface area is 131 Å². The van der Waals surface area contributed by atoms with Gasteiger partial charge in [-0.2, -0.15) is 0 Å². The molecule has 0 aliphatic heterocycles. The van der Waals surface area contributed by atoms with Crippen molar-refractivity contribution in [1.29, 1.82) is 0 Å². The summed E-state index contributed by atoms with van der Waals surface area (Å²) >= 11 is 0. The van der Waals surface area contributed by atoms with E-state index in [0.29, 0.717) is 42.8 Å². The standard InChI is InChI=1S/C19H24O3/c1-18-7-5-11(20)9-15(18)16(21)10-12-13-3-4-17(22)19(13,2)8-6-14(12)18/h9,12-14H,3-8,10H2,1-2H3/t12-,13-,14-,18+,19+/m1/s1. The fourth-order valence-electron chi connectivity index (χ4n) is 6.16. The van der Waals surface area contributed by atoms with Crippen LogP contribution >= 0.6 is 0 Å². The smallest absolute Gasteiger partial charge is 0.159 e. The van der Waals surface area contributed by atoms with Crippen LogP contribution in [-0.2, 0) is 14.4 Å². The average Bonchev–Trinajstić information content (AvgIpc) is 2.77. The number of carbonyl (C=O) groups excluding carboxylic acids is 3. The van der Waals surface area contributed by atoms with E-state index in [1.54, 1.807) is 6.08 Å². The Morgan fingerprint density at radius 2 is 1.68 bits per heavy atom. The van der Waals surface area contributed by atoms with Gasteiger partial charge in [-0.1, -0.05) is 13.8 Å². The summed E-state index contributed by atoms with van der Waals surface area (Å²) in [5, 5.41) is 0. The maximum Gasteiger partial charge on any atom is 0.159 e. The van der Waals surface area contributed by atoms with E-state index < -0.39 is 0 Å². The van der Waals surface area contributed by atoms with Crippen LogP contribution in [0.1, 0.15) is 58.8 Å². The lowest BCUT2D eigenvalue weighted by Crippen LogP contribution is -2.53. The van der Waals surface area contributed by atoms with Crippen LogP contribution in [0.3, 0.4) is 0 Å². The van der Waals surface area contributed by atoms with Gasteiger partial charge in [0.2, 0.25) is 0 Å². The van der Waals surface area contributed by atoms with Crippen LogP contribution in [-0.4, -0.2) is 17.3 Å². The summed E-state index contributed by atoms with van der Waals surface area (Å²) in [6.07, 6.45) is 7.19. The Morgan fingerprint density at radius 1 is 0.955 bits per heavy atom. The van der Waals surface area contributed by atoms with E-state index in [1.807, 2.05) is 0 Å². The van der Waals surface area contributed by atoms with Gasteiger partial charge in [-0.05, 0) is 54.9 Å². The normalized spacial score (nSPS) is 47.6. The van der Waals surface area contributed by atoms with Crippen LogP contribution in [0.5, 0.6) is 0 Å². The molecule has 0 aromatic heterocycles. The highest BCUT2D eigenvalue weighted by molar-refractivity contribution is 6.06. The first-order chi connectivity index (χ1) is 10.4. The SMILES string of the molecule is C[C@]12CC[C@@H]3[C@H](CC(=O)C4=CC(=O)CC[C@]43C)[C@H]1CCC2=O. The molecule has 4 aliphatic rings. The number of ketones is 3. The van der Waals surface area contributed by atoms with Crippen molar-refractivity contribution in [1.82, 2.24) is 0 Å². The van der Waals surface area contributed by atoms with Gasteiger partial charge >= 0.3 is 0 Å². The molecule has 0 heterocycles. The Bertz CT molecular complexity index is 616. The zero-order chi connectivity index (χ0) is 15.7. The monoisotopic (exact) mass is 300 g/mol. The second-order valence-electron chi connectivity index (χ2n) is 8.36. The summed E-state index contributed by atoms with van der Waals surface area (Å²) < 4.78 is 0. The number of rotatable bonds is 0. The molecular weight excluding hydrogens is 276 g/mol. The van der Waals surface area contributed by atoms with E-state index in [9.17, 15) is 14.4 Å². The van der Waals surface area contributed by atoms with Crippen molar-refractivity contribution in [2.24, 2.45) is 28.6 Å². The molecule has 0 spiro atoms. The molecule has 22 heavy (non-hydrogen) atoms. The van der Waals surface area contributed by atoms with Crippen molar-refractivity contribution < 1.29 is 14.4 Å². The molecule has 3 saturated carbocycles. The van der Waals surface area contributed by atoms with Crippen molar-refractivity contribution >= 4 is 17.3 Å². The van der Waals surface area contributed by atoms with Gasteiger partial charge in [0, 0.05) is 30.3 Å². The van der Waals surface area contributed by atoms with E-state index in [0.717, 1.165) is 31.3 Å². The van der Waals surface area contributed by atoms with Crippen molar-refractivity contribution in [3.63, 3.8) is 0 Å². The minimum absolute atomic E-state index is 0.107. The Hall–Kier alpha value is -1.25. The van der Waals surface area contributed by atoms with Crippen LogP contribution in [0.4, 0.5) is 0 Å². The first-order valence-corrected chi connectivity index (χ1v) is 8.68. The third kappa shape index (κ3) is 1.65. The first-order valence-electron chi connectivity index (χ1n) is 8.68. The molecule has 0 aromatic carbocycles. The highest BCUT2D eigenvalue weighted by atomic mass is 16.1. The molecule has 5 atom stereocenters. The largest absolute Gasteiger partial charge is 0.299 e. The van der Waals surface area contributed by atoms with Gasteiger partial charge in [0.25, 0.3) is 0 Å². The Balaban J connectivity index is 1.76. The highest BCUT2D eigenvalue weighted by Gasteiger charge is 2.60. The van der Waals surface area contributed by atoms with Crippen molar-refractivity contribution in [2.45, 2.75) is 58.8 Å². The minimum Gasteiger partial charge on any atom is -0.299 e. The topological polar surface area (TPSA) is 51.2 Å². The molecule has 0 N–H and O–H groups in total. The molecule has 4 aliphatic carbocycles. The first kappa shape index (κ1) is 14.3. The molecule has 0 bridgehead atoms. The molecule has 4 rings (SSSR count). The van der Waals surface area contributed by atoms with Crippen molar-refractivity contribution in [2.75, 3.05) is 0 Å². The van der Waals surface area contributed by atoms with E-state index in [-0.39, 0.29) is 22.4 Å². The van der Waals surface area contributed by atoms with Gasteiger partial charge in [-0.15, -0.1) is 0 Å². The highest BCUT2D eigenvalue weighted by Crippen LogP contribution is 2.63. The lowest BCUT2D eigenvalue weighted by atomic mass is 9.47. The molecule has 0 unspecified atom stereocenters. The van der Waals surface area contributed by atoms with Gasteiger partial charge in [0.15, 0.2) is 11.6 Å². The number of carbonyl (C=O) groups is 3. The van der Waals surface area contributed by atoms with Crippen LogP contribution in [0.25, 0.3) is 0 Å². The van der Waals surface area contributed by atoms with E-state index in [1.165, 1.54) is 0 Å². The average molecular weight is 300 g/mol. The lowest BCUT2D eigenvalue weighted by molar-refractivity contribution is -0.138. The van der Waals surface area contributed by atoms with E-state index in [2.05, 4.69) is 13.8 Å². The second kappa shape index (κ2) is 4.39. The van der Waals surface area contributed by atoms with Gasteiger partial charge in [-0.25, -0.2) is 0 Å². The summed E-state index contributed by atoms with van der Waals surface area (Å²) in [6.45, 7) is 4.32. The summed E-state index contributed by atoms with van der Waals surface area (Å²) in [6, 6.07) is 0. The van der Waals surface area contributed by atoms with Gasteiger partial charge in [0.1, 0.15) is 5.78 Å². The van der Waals surface area contributed by atoms with E-state index >= 15 is 0 Å². The van der Waals surface area contributed by atoms with Gasteiger partial charge in [-0.3, -0.25) is 14.4 Å². The summed E-state index contributed by atoms with van der Waals surface area (Å²) in [4.78, 5) is 36.8. The Kier molecular flexibility index (Phi) is 2.87. The van der Waals surface area contributed by atoms with Gasteiger partial charge < -0.3 is 0 Å². The van der Waals surface area contributed by atoms with Crippen molar-refractivity contribution in [3.05, 3.63) is 11.6 Å².